The predicted octanol–water partition coefficient (Wildman–Crippen LogP) is 5.35. The van der Waals surface area contributed by atoms with Crippen molar-refractivity contribution in [3.8, 4) is 0 Å². The number of carbonyl (C=O) groups excluding carboxylic acids is 1. The van der Waals surface area contributed by atoms with Crippen LogP contribution in [0.1, 0.15) is 32.9 Å². The number of benzene rings is 2. The van der Waals surface area contributed by atoms with Gasteiger partial charge in [0.1, 0.15) is 0 Å². The molecule has 4 aromatic rings. The highest BCUT2D eigenvalue weighted by molar-refractivity contribution is 6.42. The summed E-state index contributed by atoms with van der Waals surface area (Å²) in [5.74, 6) is -0.178. The van der Waals surface area contributed by atoms with Crippen LogP contribution in [0.2, 0.25) is 10.0 Å². The fourth-order valence-electron chi connectivity index (χ4n) is 3.42. The number of nitrogens with one attached hydrogen (secondary N) is 1. The van der Waals surface area contributed by atoms with Crippen LogP contribution in [0, 0.1) is 13.8 Å². The Hall–Kier alpha value is -3.09. The Morgan fingerprint density at radius 2 is 1.81 bits per heavy atom. The molecule has 0 unspecified atom stereocenters. The SMILES string of the molecule is Cc1nn(Cc2ccc(Cl)c(Cl)c2)c(C)c1NC(=O)c1cccc(Cn2cccn2)c1. The van der Waals surface area contributed by atoms with E-state index in [4.69, 9.17) is 23.2 Å². The van der Waals surface area contributed by atoms with Crippen molar-refractivity contribution in [2.24, 2.45) is 0 Å². The van der Waals surface area contributed by atoms with Crippen LogP contribution < -0.4 is 5.32 Å². The fourth-order valence-corrected chi connectivity index (χ4v) is 3.74. The predicted molar refractivity (Wildman–Crippen MR) is 123 cm³/mol. The Morgan fingerprint density at radius 1 is 1.00 bits per heavy atom. The second kappa shape index (κ2) is 8.96. The molecule has 2 aromatic heterocycles. The molecular formula is C23H21Cl2N5O. The van der Waals surface area contributed by atoms with E-state index in [1.54, 1.807) is 18.3 Å². The molecule has 0 atom stereocenters. The average molecular weight is 454 g/mol. The van der Waals surface area contributed by atoms with Crippen LogP contribution >= 0.6 is 23.2 Å². The molecule has 8 heteroatoms. The molecule has 0 aliphatic heterocycles. The zero-order valence-corrected chi connectivity index (χ0v) is 18.7. The number of amides is 1. The van der Waals surface area contributed by atoms with E-state index in [2.05, 4.69) is 15.5 Å². The molecule has 0 saturated heterocycles. The Morgan fingerprint density at radius 3 is 2.55 bits per heavy atom. The Balaban J connectivity index is 1.51. The third kappa shape index (κ3) is 4.81. The van der Waals surface area contributed by atoms with Gasteiger partial charge in [-0.2, -0.15) is 10.2 Å². The number of carbonyl (C=O) groups is 1. The maximum Gasteiger partial charge on any atom is 0.255 e. The van der Waals surface area contributed by atoms with Gasteiger partial charge < -0.3 is 5.32 Å². The van der Waals surface area contributed by atoms with Crippen molar-refractivity contribution in [3.05, 3.63) is 99.0 Å². The third-order valence-electron chi connectivity index (χ3n) is 5.03. The van der Waals surface area contributed by atoms with Crippen LogP contribution in [-0.4, -0.2) is 25.5 Å². The molecule has 4 rings (SSSR count). The van der Waals surface area contributed by atoms with Gasteiger partial charge in [-0.15, -0.1) is 0 Å². The third-order valence-corrected chi connectivity index (χ3v) is 5.77. The van der Waals surface area contributed by atoms with Crippen LogP contribution in [0.15, 0.2) is 60.9 Å². The highest BCUT2D eigenvalue weighted by Gasteiger charge is 2.16. The molecule has 0 bridgehead atoms. The second-order valence-corrected chi connectivity index (χ2v) is 8.12. The number of nitrogens with zero attached hydrogens (tertiary/aromatic N) is 4. The summed E-state index contributed by atoms with van der Waals surface area (Å²) in [7, 11) is 0. The van der Waals surface area contributed by atoms with Gasteiger partial charge in [0.15, 0.2) is 0 Å². The fraction of sp³-hybridized carbons (Fsp3) is 0.174. The first-order valence-electron chi connectivity index (χ1n) is 9.76. The van der Waals surface area contributed by atoms with Gasteiger partial charge in [-0.05, 0) is 55.3 Å². The molecule has 0 aliphatic carbocycles. The lowest BCUT2D eigenvalue weighted by molar-refractivity contribution is 0.102. The van der Waals surface area contributed by atoms with Gasteiger partial charge in [0.2, 0.25) is 0 Å². The summed E-state index contributed by atoms with van der Waals surface area (Å²) in [5, 5.41) is 12.8. The summed E-state index contributed by atoms with van der Waals surface area (Å²) in [5.41, 5.74) is 4.88. The molecular weight excluding hydrogens is 433 g/mol. The number of hydrogen-bond acceptors (Lipinski definition) is 3. The normalized spacial score (nSPS) is 11.0. The van der Waals surface area contributed by atoms with Crippen molar-refractivity contribution < 1.29 is 4.79 Å². The van der Waals surface area contributed by atoms with E-state index in [0.717, 1.165) is 22.5 Å². The summed E-state index contributed by atoms with van der Waals surface area (Å²) in [6.07, 6.45) is 3.62. The van der Waals surface area contributed by atoms with E-state index in [1.807, 2.05) is 65.8 Å². The number of anilines is 1. The molecule has 1 amide bonds. The molecule has 31 heavy (non-hydrogen) atoms. The minimum Gasteiger partial charge on any atom is -0.319 e. The van der Waals surface area contributed by atoms with Gasteiger partial charge in [0.25, 0.3) is 5.91 Å². The summed E-state index contributed by atoms with van der Waals surface area (Å²) in [4.78, 5) is 12.9. The summed E-state index contributed by atoms with van der Waals surface area (Å²) >= 11 is 12.1. The van der Waals surface area contributed by atoms with Gasteiger partial charge in [-0.1, -0.05) is 41.4 Å². The van der Waals surface area contributed by atoms with Crippen LogP contribution in [0.25, 0.3) is 0 Å². The molecule has 0 radical (unpaired) electrons. The largest absolute Gasteiger partial charge is 0.319 e. The molecule has 2 aromatic carbocycles. The monoisotopic (exact) mass is 453 g/mol. The van der Waals surface area contributed by atoms with E-state index in [9.17, 15) is 4.79 Å². The highest BCUT2D eigenvalue weighted by Crippen LogP contribution is 2.25. The topological polar surface area (TPSA) is 64.7 Å². The quantitative estimate of drug-likeness (QED) is 0.427. The standard InChI is InChI=1S/C23H21Cl2N5O/c1-15-22(16(2)30(28-15)14-18-7-8-20(24)21(25)12-18)27-23(31)19-6-3-5-17(11-19)13-29-10-4-9-26-29/h3-12H,13-14H2,1-2H3,(H,27,31). The number of rotatable bonds is 6. The van der Waals surface area contributed by atoms with E-state index >= 15 is 0 Å². The van der Waals surface area contributed by atoms with Crippen molar-refractivity contribution in [2.75, 3.05) is 5.32 Å². The number of aromatic nitrogens is 4. The maximum absolute atomic E-state index is 12.9. The van der Waals surface area contributed by atoms with Crippen molar-refractivity contribution in [2.45, 2.75) is 26.9 Å². The molecule has 0 spiro atoms. The zero-order valence-electron chi connectivity index (χ0n) is 17.1. The highest BCUT2D eigenvalue weighted by atomic mass is 35.5. The number of halogens is 2. The van der Waals surface area contributed by atoms with E-state index in [1.165, 1.54) is 0 Å². The van der Waals surface area contributed by atoms with Gasteiger partial charge in [0.05, 0.1) is 40.2 Å². The number of hydrogen-bond donors (Lipinski definition) is 1. The number of aryl methyl sites for hydroxylation is 1. The van der Waals surface area contributed by atoms with E-state index in [-0.39, 0.29) is 5.91 Å². The first kappa shape index (κ1) is 21.2. The van der Waals surface area contributed by atoms with Gasteiger partial charge >= 0.3 is 0 Å². The van der Waals surface area contributed by atoms with E-state index < -0.39 is 0 Å². The van der Waals surface area contributed by atoms with Crippen molar-refractivity contribution in [1.29, 1.82) is 0 Å². The molecule has 0 saturated carbocycles. The summed E-state index contributed by atoms with van der Waals surface area (Å²) < 4.78 is 3.66. The molecule has 1 N–H and O–H groups in total. The molecule has 2 heterocycles. The first-order chi connectivity index (χ1) is 14.9. The lowest BCUT2D eigenvalue weighted by Crippen LogP contribution is -2.14. The van der Waals surface area contributed by atoms with Crippen molar-refractivity contribution >= 4 is 34.8 Å². The Bertz CT molecular complexity index is 1230. The van der Waals surface area contributed by atoms with Gasteiger partial charge in [-0.25, -0.2) is 0 Å². The lowest BCUT2D eigenvalue weighted by Gasteiger charge is -2.09. The van der Waals surface area contributed by atoms with Crippen molar-refractivity contribution in [1.82, 2.24) is 19.6 Å². The molecule has 0 aliphatic rings. The lowest BCUT2D eigenvalue weighted by atomic mass is 10.1. The second-order valence-electron chi connectivity index (χ2n) is 7.31. The average Bonchev–Trinajstić information content (AvgIpc) is 3.35. The van der Waals surface area contributed by atoms with Crippen LogP contribution in [-0.2, 0) is 13.1 Å². The van der Waals surface area contributed by atoms with Crippen LogP contribution in [0.5, 0.6) is 0 Å². The molecule has 0 fully saturated rings. The molecule has 6 nitrogen and oxygen atoms in total. The Labute approximate surface area is 190 Å². The Kier molecular flexibility index (Phi) is 6.11. The van der Waals surface area contributed by atoms with Gasteiger partial charge in [0, 0.05) is 18.0 Å². The maximum atomic E-state index is 12.9. The first-order valence-corrected chi connectivity index (χ1v) is 10.5. The van der Waals surface area contributed by atoms with Crippen LogP contribution in [0.4, 0.5) is 5.69 Å². The van der Waals surface area contributed by atoms with Crippen LogP contribution in [0.3, 0.4) is 0 Å². The molecule has 158 valence electrons. The van der Waals surface area contributed by atoms with Gasteiger partial charge in [-0.3, -0.25) is 14.2 Å². The smallest absolute Gasteiger partial charge is 0.255 e. The van der Waals surface area contributed by atoms with Crippen molar-refractivity contribution in [3.63, 3.8) is 0 Å². The summed E-state index contributed by atoms with van der Waals surface area (Å²) in [6, 6.07) is 14.9. The minimum atomic E-state index is -0.178. The van der Waals surface area contributed by atoms with E-state index in [0.29, 0.717) is 34.4 Å². The minimum absolute atomic E-state index is 0.178. The summed E-state index contributed by atoms with van der Waals surface area (Å²) in [6.45, 7) is 4.94. The zero-order chi connectivity index (χ0) is 22.0.